The molecule has 0 aliphatic rings. The Hall–Kier alpha value is -1.57. The second-order valence-corrected chi connectivity index (χ2v) is 4.05. The SMILES string of the molecule is CNc1ccc2ccc(C(C)C)cc2n1. The highest BCUT2D eigenvalue weighted by atomic mass is 15.0. The summed E-state index contributed by atoms with van der Waals surface area (Å²) in [5.74, 6) is 1.47. The van der Waals surface area contributed by atoms with Gasteiger partial charge in [0.1, 0.15) is 5.82 Å². The van der Waals surface area contributed by atoms with E-state index in [2.05, 4.69) is 48.4 Å². The molecule has 1 aromatic carbocycles. The number of benzene rings is 1. The highest BCUT2D eigenvalue weighted by molar-refractivity contribution is 5.81. The van der Waals surface area contributed by atoms with Crippen LogP contribution in [0.3, 0.4) is 0 Å². The second kappa shape index (κ2) is 3.89. The van der Waals surface area contributed by atoms with Crippen molar-refractivity contribution in [3.63, 3.8) is 0 Å². The molecule has 1 aromatic heterocycles. The molecule has 15 heavy (non-hydrogen) atoms. The third kappa shape index (κ3) is 1.94. The smallest absolute Gasteiger partial charge is 0.126 e. The molecule has 0 fully saturated rings. The van der Waals surface area contributed by atoms with Crippen molar-refractivity contribution in [2.75, 3.05) is 12.4 Å². The van der Waals surface area contributed by atoms with Crippen molar-refractivity contribution in [2.24, 2.45) is 0 Å². The number of aromatic nitrogens is 1. The first-order valence-corrected chi connectivity index (χ1v) is 5.29. The summed E-state index contributed by atoms with van der Waals surface area (Å²) in [4.78, 5) is 4.53. The molecule has 0 spiro atoms. The van der Waals surface area contributed by atoms with Crippen molar-refractivity contribution in [3.8, 4) is 0 Å². The largest absolute Gasteiger partial charge is 0.373 e. The molecule has 1 heterocycles. The predicted octanol–water partition coefficient (Wildman–Crippen LogP) is 3.40. The Morgan fingerprint density at radius 3 is 2.53 bits per heavy atom. The van der Waals surface area contributed by atoms with Gasteiger partial charge >= 0.3 is 0 Å². The fourth-order valence-electron chi connectivity index (χ4n) is 1.63. The fraction of sp³-hybridized carbons (Fsp3) is 0.308. The molecule has 2 aromatic rings. The molecule has 0 aliphatic heterocycles. The van der Waals surface area contributed by atoms with Crippen LogP contribution in [0.4, 0.5) is 5.82 Å². The van der Waals surface area contributed by atoms with Crippen LogP contribution in [-0.2, 0) is 0 Å². The lowest BCUT2D eigenvalue weighted by molar-refractivity contribution is 0.868. The normalized spacial score (nSPS) is 10.9. The van der Waals surface area contributed by atoms with Gasteiger partial charge in [-0.15, -0.1) is 0 Å². The third-order valence-electron chi connectivity index (χ3n) is 2.64. The maximum Gasteiger partial charge on any atom is 0.126 e. The van der Waals surface area contributed by atoms with Gasteiger partial charge < -0.3 is 5.32 Å². The molecule has 0 saturated heterocycles. The maximum absolute atomic E-state index is 4.53. The topological polar surface area (TPSA) is 24.9 Å². The summed E-state index contributed by atoms with van der Waals surface area (Å²) < 4.78 is 0. The van der Waals surface area contributed by atoms with Crippen LogP contribution in [0.5, 0.6) is 0 Å². The number of hydrogen-bond donors (Lipinski definition) is 1. The number of nitrogens with one attached hydrogen (secondary N) is 1. The Labute approximate surface area is 90.3 Å². The molecule has 0 saturated carbocycles. The van der Waals surface area contributed by atoms with E-state index in [1.54, 1.807) is 0 Å². The van der Waals surface area contributed by atoms with E-state index in [9.17, 15) is 0 Å². The Morgan fingerprint density at radius 1 is 1.13 bits per heavy atom. The minimum atomic E-state index is 0.550. The van der Waals surface area contributed by atoms with E-state index in [-0.39, 0.29) is 0 Å². The van der Waals surface area contributed by atoms with Crippen molar-refractivity contribution < 1.29 is 0 Å². The molecule has 2 nitrogen and oxygen atoms in total. The van der Waals surface area contributed by atoms with Gasteiger partial charge in [0.05, 0.1) is 5.52 Å². The summed E-state index contributed by atoms with van der Waals surface area (Å²) in [6.45, 7) is 4.40. The van der Waals surface area contributed by atoms with E-state index in [0.717, 1.165) is 11.3 Å². The lowest BCUT2D eigenvalue weighted by Gasteiger charge is -2.07. The molecule has 2 rings (SSSR count). The lowest BCUT2D eigenvalue weighted by Crippen LogP contribution is -1.93. The van der Waals surface area contributed by atoms with Gasteiger partial charge in [0.15, 0.2) is 0 Å². The van der Waals surface area contributed by atoms with E-state index >= 15 is 0 Å². The standard InChI is InChI=1S/C13H16N2/c1-9(2)11-5-4-10-6-7-13(14-3)15-12(10)8-11/h4-9H,1-3H3,(H,14,15). The summed E-state index contributed by atoms with van der Waals surface area (Å²) in [5.41, 5.74) is 2.40. The molecule has 0 aliphatic carbocycles. The summed E-state index contributed by atoms with van der Waals surface area (Å²) in [7, 11) is 1.89. The molecule has 0 radical (unpaired) electrons. The van der Waals surface area contributed by atoms with E-state index in [0.29, 0.717) is 5.92 Å². The first-order valence-electron chi connectivity index (χ1n) is 5.29. The minimum Gasteiger partial charge on any atom is -0.373 e. The molecule has 0 unspecified atom stereocenters. The molecule has 0 atom stereocenters. The van der Waals surface area contributed by atoms with Gasteiger partial charge in [0, 0.05) is 12.4 Å². The number of rotatable bonds is 2. The third-order valence-corrected chi connectivity index (χ3v) is 2.64. The lowest BCUT2D eigenvalue weighted by atomic mass is 10.0. The van der Waals surface area contributed by atoms with Gasteiger partial charge in [-0.2, -0.15) is 0 Å². The molecule has 0 bridgehead atoms. The number of pyridine rings is 1. The Bertz CT molecular complexity index is 475. The summed E-state index contributed by atoms with van der Waals surface area (Å²) in [6.07, 6.45) is 0. The van der Waals surface area contributed by atoms with Gasteiger partial charge in [0.2, 0.25) is 0 Å². The Kier molecular flexibility index (Phi) is 2.58. The monoisotopic (exact) mass is 200 g/mol. The van der Waals surface area contributed by atoms with E-state index in [4.69, 9.17) is 0 Å². The molecule has 78 valence electrons. The zero-order valence-electron chi connectivity index (χ0n) is 9.41. The van der Waals surface area contributed by atoms with E-state index < -0.39 is 0 Å². The van der Waals surface area contributed by atoms with Crippen LogP contribution in [0.2, 0.25) is 0 Å². The number of anilines is 1. The van der Waals surface area contributed by atoms with Gasteiger partial charge in [-0.3, -0.25) is 0 Å². The predicted molar refractivity (Wildman–Crippen MR) is 65.4 cm³/mol. The first kappa shape index (κ1) is 9.97. The van der Waals surface area contributed by atoms with Crippen LogP contribution in [0.25, 0.3) is 10.9 Å². The fourth-order valence-corrected chi connectivity index (χ4v) is 1.63. The number of nitrogens with zero attached hydrogens (tertiary/aromatic N) is 1. The summed E-state index contributed by atoms with van der Waals surface area (Å²) >= 11 is 0. The van der Waals surface area contributed by atoms with Crippen LogP contribution in [-0.4, -0.2) is 12.0 Å². The first-order chi connectivity index (χ1) is 7.20. The molecule has 1 N–H and O–H groups in total. The Morgan fingerprint density at radius 2 is 1.87 bits per heavy atom. The summed E-state index contributed by atoms with van der Waals surface area (Å²) in [5, 5.41) is 4.25. The average molecular weight is 200 g/mol. The number of fused-ring (bicyclic) bond motifs is 1. The molecular formula is C13H16N2. The van der Waals surface area contributed by atoms with Crippen molar-refractivity contribution in [1.29, 1.82) is 0 Å². The zero-order valence-corrected chi connectivity index (χ0v) is 9.41. The average Bonchev–Trinajstić information content (AvgIpc) is 2.27. The number of hydrogen-bond acceptors (Lipinski definition) is 2. The second-order valence-electron chi connectivity index (χ2n) is 4.05. The van der Waals surface area contributed by atoms with Crippen LogP contribution < -0.4 is 5.32 Å². The van der Waals surface area contributed by atoms with Crippen molar-refractivity contribution in [3.05, 3.63) is 35.9 Å². The Balaban J connectivity index is 2.57. The van der Waals surface area contributed by atoms with Crippen molar-refractivity contribution >= 4 is 16.7 Å². The van der Waals surface area contributed by atoms with Crippen LogP contribution in [0, 0.1) is 0 Å². The van der Waals surface area contributed by atoms with Gasteiger partial charge in [0.25, 0.3) is 0 Å². The highest BCUT2D eigenvalue weighted by Crippen LogP contribution is 2.21. The summed E-state index contributed by atoms with van der Waals surface area (Å²) in [6, 6.07) is 10.6. The maximum atomic E-state index is 4.53. The van der Waals surface area contributed by atoms with Crippen LogP contribution >= 0.6 is 0 Å². The zero-order chi connectivity index (χ0) is 10.8. The van der Waals surface area contributed by atoms with Crippen molar-refractivity contribution in [2.45, 2.75) is 19.8 Å². The minimum absolute atomic E-state index is 0.550. The van der Waals surface area contributed by atoms with E-state index in [1.165, 1.54) is 10.9 Å². The van der Waals surface area contributed by atoms with Gasteiger partial charge in [-0.25, -0.2) is 4.98 Å². The van der Waals surface area contributed by atoms with E-state index in [1.807, 2.05) is 13.1 Å². The molecular weight excluding hydrogens is 184 g/mol. The van der Waals surface area contributed by atoms with Gasteiger partial charge in [-0.05, 0) is 29.7 Å². The van der Waals surface area contributed by atoms with Gasteiger partial charge in [-0.1, -0.05) is 26.0 Å². The molecule has 0 amide bonds. The molecule has 2 heteroatoms. The van der Waals surface area contributed by atoms with Crippen molar-refractivity contribution in [1.82, 2.24) is 4.98 Å². The highest BCUT2D eigenvalue weighted by Gasteiger charge is 2.02. The van der Waals surface area contributed by atoms with Crippen LogP contribution in [0.1, 0.15) is 25.3 Å². The van der Waals surface area contributed by atoms with Crippen LogP contribution in [0.15, 0.2) is 30.3 Å². The quantitative estimate of drug-likeness (QED) is 0.803.